The molecular weight excluding hydrogens is 248 g/mol. The molecule has 1 aliphatic carbocycles. The SMILES string of the molecule is O=C(O)C1CN(C(=O)CCNC(=O)C2CCCC2)C1. The van der Waals surface area contributed by atoms with Crippen LogP contribution in [0.3, 0.4) is 0 Å². The van der Waals surface area contributed by atoms with Gasteiger partial charge >= 0.3 is 5.97 Å². The van der Waals surface area contributed by atoms with E-state index < -0.39 is 11.9 Å². The molecule has 6 nitrogen and oxygen atoms in total. The smallest absolute Gasteiger partial charge is 0.310 e. The van der Waals surface area contributed by atoms with Crippen molar-refractivity contribution < 1.29 is 19.5 Å². The van der Waals surface area contributed by atoms with Crippen LogP contribution in [0.15, 0.2) is 0 Å². The van der Waals surface area contributed by atoms with E-state index in [0.29, 0.717) is 19.6 Å². The maximum atomic E-state index is 11.7. The first-order valence-corrected chi connectivity index (χ1v) is 6.86. The van der Waals surface area contributed by atoms with Crippen molar-refractivity contribution in [1.82, 2.24) is 10.2 Å². The molecule has 6 heteroatoms. The largest absolute Gasteiger partial charge is 0.481 e. The number of nitrogens with one attached hydrogen (secondary N) is 1. The first-order valence-electron chi connectivity index (χ1n) is 6.86. The van der Waals surface area contributed by atoms with E-state index in [4.69, 9.17) is 5.11 Å². The number of hydrogen-bond donors (Lipinski definition) is 2. The summed E-state index contributed by atoms with van der Waals surface area (Å²) < 4.78 is 0. The molecule has 1 saturated heterocycles. The van der Waals surface area contributed by atoms with Crippen LogP contribution < -0.4 is 5.32 Å². The summed E-state index contributed by atoms with van der Waals surface area (Å²) in [7, 11) is 0. The van der Waals surface area contributed by atoms with E-state index in [1.165, 1.54) is 4.90 Å². The minimum Gasteiger partial charge on any atom is -0.481 e. The molecule has 0 atom stereocenters. The van der Waals surface area contributed by atoms with Gasteiger partial charge in [0.05, 0.1) is 5.92 Å². The number of carbonyl (C=O) groups excluding carboxylic acids is 2. The molecule has 0 radical (unpaired) electrons. The maximum absolute atomic E-state index is 11.7. The molecule has 0 bridgehead atoms. The summed E-state index contributed by atoms with van der Waals surface area (Å²) in [5, 5.41) is 11.5. The van der Waals surface area contributed by atoms with Crippen LogP contribution >= 0.6 is 0 Å². The lowest BCUT2D eigenvalue weighted by Crippen LogP contribution is -2.53. The minimum absolute atomic E-state index is 0.0531. The Hall–Kier alpha value is -1.59. The Balaban J connectivity index is 1.59. The number of carboxylic acid groups (broad SMARTS) is 1. The van der Waals surface area contributed by atoms with Crippen LogP contribution in [0.2, 0.25) is 0 Å². The molecule has 2 N–H and O–H groups in total. The predicted molar refractivity (Wildman–Crippen MR) is 67.3 cm³/mol. The zero-order valence-corrected chi connectivity index (χ0v) is 10.9. The number of carboxylic acids is 1. The molecule has 0 aromatic rings. The molecule has 0 spiro atoms. The highest BCUT2D eigenvalue weighted by atomic mass is 16.4. The lowest BCUT2D eigenvalue weighted by molar-refractivity contribution is -0.152. The summed E-state index contributed by atoms with van der Waals surface area (Å²) >= 11 is 0. The van der Waals surface area contributed by atoms with Gasteiger partial charge in [-0.05, 0) is 12.8 Å². The molecule has 1 heterocycles. The lowest BCUT2D eigenvalue weighted by atomic mass is 10.0. The van der Waals surface area contributed by atoms with Gasteiger partial charge < -0.3 is 15.3 Å². The molecule has 0 aromatic carbocycles. The van der Waals surface area contributed by atoms with Crippen LogP contribution in [0.4, 0.5) is 0 Å². The lowest BCUT2D eigenvalue weighted by Gasteiger charge is -2.36. The van der Waals surface area contributed by atoms with Gasteiger partial charge in [-0.15, -0.1) is 0 Å². The number of amides is 2. The molecule has 19 heavy (non-hydrogen) atoms. The van der Waals surface area contributed by atoms with Crippen LogP contribution in [0.1, 0.15) is 32.1 Å². The van der Waals surface area contributed by atoms with Crippen LogP contribution in [-0.4, -0.2) is 47.4 Å². The molecule has 2 amide bonds. The standard InChI is InChI=1S/C13H20N2O4/c16-11(15-7-10(8-15)13(18)19)5-6-14-12(17)9-3-1-2-4-9/h9-10H,1-8H2,(H,14,17)(H,18,19). The van der Waals surface area contributed by atoms with Gasteiger partial charge in [-0.2, -0.15) is 0 Å². The number of likely N-dealkylation sites (tertiary alicyclic amines) is 1. The molecule has 1 saturated carbocycles. The molecule has 0 aromatic heterocycles. The quantitative estimate of drug-likeness (QED) is 0.747. The van der Waals surface area contributed by atoms with Gasteiger partial charge in [0, 0.05) is 32.0 Å². The summed E-state index contributed by atoms with van der Waals surface area (Å²) in [6, 6.07) is 0. The Labute approximate surface area is 112 Å². The van der Waals surface area contributed by atoms with E-state index in [1.807, 2.05) is 0 Å². The number of aliphatic carboxylic acids is 1. The van der Waals surface area contributed by atoms with Gasteiger partial charge in [-0.1, -0.05) is 12.8 Å². The average Bonchev–Trinajstić information content (AvgIpc) is 2.79. The highest BCUT2D eigenvalue weighted by Gasteiger charge is 2.35. The minimum atomic E-state index is -0.849. The summed E-state index contributed by atoms with van der Waals surface area (Å²) in [6.45, 7) is 0.942. The molecule has 2 aliphatic rings. The van der Waals surface area contributed by atoms with Crippen molar-refractivity contribution in [1.29, 1.82) is 0 Å². The summed E-state index contributed by atoms with van der Waals surface area (Å²) in [6.07, 6.45) is 4.38. The highest BCUT2D eigenvalue weighted by Crippen LogP contribution is 2.24. The van der Waals surface area contributed by atoms with E-state index >= 15 is 0 Å². The Morgan fingerprint density at radius 1 is 1.11 bits per heavy atom. The second-order valence-electron chi connectivity index (χ2n) is 5.36. The van der Waals surface area contributed by atoms with Crippen LogP contribution in [-0.2, 0) is 14.4 Å². The third-order valence-electron chi connectivity index (χ3n) is 3.95. The van der Waals surface area contributed by atoms with Crippen molar-refractivity contribution in [3.63, 3.8) is 0 Å². The van der Waals surface area contributed by atoms with Gasteiger partial charge in [0.15, 0.2) is 0 Å². The van der Waals surface area contributed by atoms with E-state index in [9.17, 15) is 14.4 Å². The second-order valence-corrected chi connectivity index (χ2v) is 5.36. The van der Waals surface area contributed by atoms with Gasteiger partial charge in [-0.3, -0.25) is 14.4 Å². The topological polar surface area (TPSA) is 86.7 Å². The van der Waals surface area contributed by atoms with Crippen molar-refractivity contribution in [3.8, 4) is 0 Å². The average molecular weight is 268 g/mol. The van der Waals surface area contributed by atoms with Crippen molar-refractivity contribution >= 4 is 17.8 Å². The van der Waals surface area contributed by atoms with Gasteiger partial charge in [0.2, 0.25) is 11.8 Å². The van der Waals surface area contributed by atoms with Crippen LogP contribution in [0.25, 0.3) is 0 Å². The van der Waals surface area contributed by atoms with Crippen LogP contribution in [0.5, 0.6) is 0 Å². The summed E-state index contributed by atoms with van der Waals surface area (Å²) in [5.74, 6) is -1.17. The predicted octanol–water partition coefficient (Wildman–Crippen LogP) is 0.226. The summed E-state index contributed by atoms with van der Waals surface area (Å²) in [4.78, 5) is 35.5. The Morgan fingerprint density at radius 3 is 2.32 bits per heavy atom. The molecule has 2 fully saturated rings. The van der Waals surface area contributed by atoms with Gasteiger partial charge in [0.25, 0.3) is 0 Å². The third-order valence-corrected chi connectivity index (χ3v) is 3.95. The fraction of sp³-hybridized carbons (Fsp3) is 0.769. The molecule has 106 valence electrons. The van der Waals surface area contributed by atoms with Gasteiger partial charge in [0.1, 0.15) is 0 Å². The third kappa shape index (κ3) is 3.45. The van der Waals surface area contributed by atoms with Crippen molar-refractivity contribution in [3.05, 3.63) is 0 Å². The Morgan fingerprint density at radius 2 is 1.74 bits per heavy atom. The van der Waals surface area contributed by atoms with Crippen molar-refractivity contribution in [2.45, 2.75) is 32.1 Å². The van der Waals surface area contributed by atoms with Crippen molar-refractivity contribution in [2.75, 3.05) is 19.6 Å². The number of rotatable bonds is 5. The number of nitrogens with zero attached hydrogens (tertiary/aromatic N) is 1. The maximum Gasteiger partial charge on any atom is 0.310 e. The molecule has 1 aliphatic heterocycles. The van der Waals surface area contributed by atoms with Crippen LogP contribution in [0, 0.1) is 11.8 Å². The molecular formula is C13H20N2O4. The highest BCUT2D eigenvalue weighted by molar-refractivity contribution is 5.82. The van der Waals surface area contributed by atoms with E-state index in [0.717, 1.165) is 25.7 Å². The summed E-state index contributed by atoms with van der Waals surface area (Å²) in [5.41, 5.74) is 0. The van der Waals surface area contributed by atoms with E-state index in [2.05, 4.69) is 5.32 Å². The van der Waals surface area contributed by atoms with E-state index in [1.54, 1.807) is 0 Å². The van der Waals surface area contributed by atoms with Crippen molar-refractivity contribution in [2.24, 2.45) is 11.8 Å². The molecule has 2 rings (SSSR count). The zero-order valence-electron chi connectivity index (χ0n) is 10.9. The fourth-order valence-corrected chi connectivity index (χ4v) is 2.62. The first kappa shape index (κ1) is 13.8. The normalized spacial score (nSPS) is 20.1. The second kappa shape index (κ2) is 6.04. The fourth-order valence-electron chi connectivity index (χ4n) is 2.62. The molecule has 0 unspecified atom stereocenters. The monoisotopic (exact) mass is 268 g/mol. The first-order chi connectivity index (χ1) is 9.08. The number of carbonyl (C=O) groups is 3. The number of hydrogen-bond acceptors (Lipinski definition) is 3. The van der Waals surface area contributed by atoms with E-state index in [-0.39, 0.29) is 24.2 Å². The zero-order chi connectivity index (χ0) is 13.8. The van der Waals surface area contributed by atoms with Gasteiger partial charge in [-0.25, -0.2) is 0 Å². The Bertz CT molecular complexity index is 371. The Kier molecular flexibility index (Phi) is 4.39.